The lowest BCUT2D eigenvalue weighted by Crippen LogP contribution is -2.19. The van der Waals surface area contributed by atoms with E-state index in [2.05, 4.69) is 75.0 Å². The highest BCUT2D eigenvalue weighted by atomic mass is 15.2. The van der Waals surface area contributed by atoms with Gasteiger partial charge in [-0.1, -0.05) is 12.1 Å². The van der Waals surface area contributed by atoms with Gasteiger partial charge in [0.2, 0.25) is 12.4 Å². The van der Waals surface area contributed by atoms with Crippen LogP contribution in [0.2, 0.25) is 0 Å². The Labute approximate surface area is 136 Å². The molecule has 3 nitrogen and oxygen atoms in total. The third-order valence-corrected chi connectivity index (χ3v) is 5.07. The van der Waals surface area contributed by atoms with Gasteiger partial charge in [0.05, 0.1) is 11.1 Å². The number of anilines is 1. The molecule has 5 rings (SSSR count). The Morgan fingerprint density at radius 3 is 2.52 bits per heavy atom. The highest BCUT2D eigenvalue weighted by Gasteiger charge is 2.20. The summed E-state index contributed by atoms with van der Waals surface area (Å²) in [6.07, 6.45) is 7.10. The average molecular weight is 302 g/mol. The normalized spacial score (nSPS) is 16.9. The van der Waals surface area contributed by atoms with E-state index in [9.17, 15) is 0 Å². The fourth-order valence-corrected chi connectivity index (χ4v) is 3.87. The zero-order valence-electron chi connectivity index (χ0n) is 13.2. The first-order chi connectivity index (χ1) is 11.4. The van der Waals surface area contributed by atoms with Gasteiger partial charge >= 0.3 is 0 Å². The van der Waals surface area contributed by atoms with E-state index in [1.165, 1.54) is 53.8 Å². The van der Waals surface area contributed by atoms with Crippen molar-refractivity contribution in [3.8, 4) is 0 Å². The molecule has 114 valence electrons. The smallest absolute Gasteiger partial charge is 0.228 e. The molecule has 0 spiro atoms. The van der Waals surface area contributed by atoms with Crippen LogP contribution in [0.15, 0.2) is 54.7 Å². The number of hydrogen-bond acceptors (Lipinski definition) is 1. The van der Waals surface area contributed by atoms with Crippen molar-refractivity contribution >= 4 is 28.5 Å². The Bertz CT molecular complexity index is 896. The quantitative estimate of drug-likeness (QED) is 0.652. The van der Waals surface area contributed by atoms with Gasteiger partial charge in [0.1, 0.15) is 0 Å². The second-order valence-electron chi connectivity index (χ2n) is 6.52. The third kappa shape index (κ3) is 2.07. The SMILES string of the molecule is C1=[N+](c2ccc(N3CCCC3)cc2)Cn2ccc3cccc1c32. The van der Waals surface area contributed by atoms with Gasteiger partial charge in [0, 0.05) is 42.5 Å². The van der Waals surface area contributed by atoms with Crippen LogP contribution in [0.4, 0.5) is 11.4 Å². The Hall–Kier alpha value is -2.55. The summed E-state index contributed by atoms with van der Waals surface area (Å²) >= 11 is 0. The molecule has 0 aliphatic carbocycles. The number of benzene rings is 2. The molecule has 2 aliphatic heterocycles. The lowest BCUT2D eigenvalue weighted by atomic mass is 10.1. The van der Waals surface area contributed by atoms with Crippen molar-refractivity contribution in [2.24, 2.45) is 0 Å². The van der Waals surface area contributed by atoms with Crippen LogP contribution in [0.1, 0.15) is 18.4 Å². The minimum atomic E-state index is 0.879. The van der Waals surface area contributed by atoms with E-state index < -0.39 is 0 Å². The van der Waals surface area contributed by atoms with Crippen molar-refractivity contribution in [3.63, 3.8) is 0 Å². The predicted molar refractivity (Wildman–Crippen MR) is 94.9 cm³/mol. The first-order valence-corrected chi connectivity index (χ1v) is 8.43. The maximum Gasteiger partial charge on any atom is 0.228 e. The first kappa shape index (κ1) is 12.9. The van der Waals surface area contributed by atoms with Crippen molar-refractivity contribution < 1.29 is 4.58 Å². The summed E-state index contributed by atoms with van der Waals surface area (Å²) < 4.78 is 4.66. The number of hydrogen-bond donors (Lipinski definition) is 0. The van der Waals surface area contributed by atoms with E-state index in [1.807, 2.05) is 0 Å². The molecule has 3 heterocycles. The molecule has 0 amide bonds. The third-order valence-electron chi connectivity index (χ3n) is 5.07. The van der Waals surface area contributed by atoms with Gasteiger partial charge in [-0.3, -0.25) is 4.57 Å². The van der Waals surface area contributed by atoms with E-state index in [1.54, 1.807) is 0 Å². The molecule has 1 aromatic heterocycles. The minimum absolute atomic E-state index is 0.879. The largest absolute Gasteiger partial charge is 0.372 e. The summed E-state index contributed by atoms with van der Waals surface area (Å²) in [5.74, 6) is 0. The molecule has 3 heteroatoms. The van der Waals surface area contributed by atoms with Crippen LogP contribution in [-0.2, 0) is 6.67 Å². The molecule has 3 aromatic rings. The van der Waals surface area contributed by atoms with Gasteiger partial charge in [-0.25, -0.2) is 0 Å². The average Bonchev–Trinajstić information content (AvgIpc) is 3.26. The monoisotopic (exact) mass is 302 g/mol. The molecule has 0 saturated carbocycles. The van der Waals surface area contributed by atoms with Crippen molar-refractivity contribution in [1.82, 2.24) is 4.57 Å². The zero-order chi connectivity index (χ0) is 15.2. The van der Waals surface area contributed by atoms with Gasteiger partial charge in [-0.05, 0) is 37.1 Å². The molecule has 1 saturated heterocycles. The van der Waals surface area contributed by atoms with Crippen LogP contribution >= 0.6 is 0 Å². The Morgan fingerprint density at radius 2 is 1.70 bits per heavy atom. The highest BCUT2D eigenvalue weighted by Crippen LogP contribution is 2.27. The molecule has 0 bridgehead atoms. The Kier molecular flexibility index (Phi) is 2.80. The highest BCUT2D eigenvalue weighted by molar-refractivity contribution is 5.97. The molecule has 0 radical (unpaired) electrons. The van der Waals surface area contributed by atoms with Gasteiger partial charge in [-0.2, -0.15) is 4.58 Å². The summed E-state index contributed by atoms with van der Waals surface area (Å²) in [6, 6.07) is 17.7. The van der Waals surface area contributed by atoms with Gasteiger partial charge in [0.25, 0.3) is 0 Å². The standard InChI is InChI=1S/C20H20N3/c1-2-12-21(11-1)18-6-8-19(9-7-18)23-14-17-5-3-4-16-10-13-22(15-23)20(16)17/h3-10,13-14H,1-2,11-12,15H2/q+1. The van der Waals surface area contributed by atoms with Crippen molar-refractivity contribution in [2.75, 3.05) is 18.0 Å². The Morgan fingerprint density at radius 1 is 0.870 bits per heavy atom. The molecule has 0 atom stereocenters. The van der Waals surface area contributed by atoms with Crippen LogP contribution in [0.25, 0.3) is 10.9 Å². The van der Waals surface area contributed by atoms with E-state index in [4.69, 9.17) is 0 Å². The lowest BCUT2D eigenvalue weighted by Gasteiger charge is -2.18. The lowest BCUT2D eigenvalue weighted by molar-refractivity contribution is -0.471. The topological polar surface area (TPSA) is 11.2 Å². The second kappa shape index (κ2) is 4.98. The Balaban J connectivity index is 1.51. The van der Waals surface area contributed by atoms with Crippen LogP contribution in [0.3, 0.4) is 0 Å². The van der Waals surface area contributed by atoms with Gasteiger partial charge < -0.3 is 4.90 Å². The van der Waals surface area contributed by atoms with Crippen molar-refractivity contribution in [3.05, 3.63) is 60.3 Å². The zero-order valence-corrected chi connectivity index (χ0v) is 13.2. The summed E-state index contributed by atoms with van der Waals surface area (Å²) in [6.45, 7) is 3.28. The first-order valence-electron chi connectivity index (χ1n) is 8.43. The molecule has 1 fully saturated rings. The maximum atomic E-state index is 2.48. The summed E-state index contributed by atoms with van der Waals surface area (Å²) in [7, 11) is 0. The van der Waals surface area contributed by atoms with E-state index >= 15 is 0 Å². The van der Waals surface area contributed by atoms with Crippen LogP contribution in [-0.4, -0.2) is 28.4 Å². The van der Waals surface area contributed by atoms with Crippen LogP contribution in [0.5, 0.6) is 0 Å². The van der Waals surface area contributed by atoms with Crippen LogP contribution in [0, 0.1) is 0 Å². The van der Waals surface area contributed by atoms with Gasteiger partial charge in [-0.15, -0.1) is 0 Å². The summed E-state index contributed by atoms with van der Waals surface area (Å²) in [4.78, 5) is 2.48. The molecule has 0 unspecified atom stereocenters. The van der Waals surface area contributed by atoms with E-state index in [0.29, 0.717) is 0 Å². The number of nitrogens with zero attached hydrogens (tertiary/aromatic N) is 3. The molecular weight excluding hydrogens is 282 g/mol. The maximum absolute atomic E-state index is 2.48. The van der Waals surface area contributed by atoms with Crippen molar-refractivity contribution in [2.45, 2.75) is 19.5 Å². The molecule has 2 aromatic carbocycles. The molecule has 0 N–H and O–H groups in total. The summed E-state index contributed by atoms with van der Waals surface area (Å²) in [5, 5.41) is 1.32. The second-order valence-corrected chi connectivity index (χ2v) is 6.52. The fourth-order valence-electron chi connectivity index (χ4n) is 3.87. The number of rotatable bonds is 2. The number of aromatic nitrogens is 1. The van der Waals surface area contributed by atoms with E-state index in [0.717, 1.165) is 6.67 Å². The van der Waals surface area contributed by atoms with Crippen LogP contribution < -0.4 is 4.90 Å². The molecule has 2 aliphatic rings. The summed E-state index contributed by atoms with van der Waals surface area (Å²) in [5.41, 5.74) is 5.25. The van der Waals surface area contributed by atoms with Crippen molar-refractivity contribution in [1.29, 1.82) is 0 Å². The fraction of sp³-hybridized carbons (Fsp3) is 0.250. The predicted octanol–water partition coefficient (Wildman–Crippen LogP) is 3.98. The molecular formula is C20H20N3+. The number of para-hydroxylation sites is 1. The molecule has 23 heavy (non-hydrogen) atoms. The minimum Gasteiger partial charge on any atom is -0.372 e. The van der Waals surface area contributed by atoms with E-state index in [-0.39, 0.29) is 0 Å². The van der Waals surface area contributed by atoms with Gasteiger partial charge in [0.15, 0.2) is 6.21 Å².